The maximum absolute atomic E-state index is 13.3. The number of likely N-dealkylation sites (N-methyl/N-ethyl adjacent to an activating group) is 1. The molecule has 1 atom stereocenters. The first-order chi connectivity index (χ1) is 7.90. The predicted molar refractivity (Wildman–Crippen MR) is 56.8 cm³/mol. The van der Waals surface area contributed by atoms with Crippen LogP contribution in [0.25, 0.3) is 0 Å². The van der Waals surface area contributed by atoms with E-state index in [0.29, 0.717) is 0 Å². The van der Waals surface area contributed by atoms with Gasteiger partial charge in [0, 0.05) is 24.2 Å². The highest BCUT2D eigenvalue weighted by Gasteiger charge is 2.16. The summed E-state index contributed by atoms with van der Waals surface area (Å²) in [4.78, 5) is 1.30. The molecule has 0 fully saturated rings. The van der Waals surface area contributed by atoms with Crippen LogP contribution in [0.5, 0.6) is 0 Å². The Balaban J connectivity index is 2.66. The summed E-state index contributed by atoms with van der Waals surface area (Å²) in [6.45, 7) is -0.358. The van der Waals surface area contributed by atoms with Crippen molar-refractivity contribution in [3.05, 3.63) is 35.4 Å². The fourth-order valence-electron chi connectivity index (χ4n) is 1.55. The van der Waals surface area contributed by atoms with E-state index in [1.165, 1.54) is 18.0 Å². The van der Waals surface area contributed by atoms with Crippen molar-refractivity contribution in [2.75, 3.05) is 20.1 Å². The lowest BCUT2D eigenvalue weighted by Crippen LogP contribution is -2.32. The Morgan fingerprint density at radius 1 is 1.24 bits per heavy atom. The molecule has 0 spiro atoms. The van der Waals surface area contributed by atoms with E-state index in [0.717, 1.165) is 12.1 Å². The minimum Gasteiger partial charge on any atom is -0.323 e. The van der Waals surface area contributed by atoms with E-state index in [4.69, 9.17) is 5.73 Å². The number of nitrogens with two attached hydrogens (primary N) is 1. The summed E-state index contributed by atoms with van der Waals surface area (Å²) < 4.78 is 50.1. The lowest BCUT2D eigenvalue weighted by molar-refractivity contribution is 0.0977. The van der Waals surface area contributed by atoms with Gasteiger partial charge in [-0.05, 0) is 13.1 Å². The molecular weight excluding hydrogens is 236 g/mol. The van der Waals surface area contributed by atoms with Gasteiger partial charge in [0.05, 0.1) is 6.54 Å². The van der Waals surface area contributed by atoms with E-state index in [-0.39, 0.29) is 12.1 Å². The Bertz CT molecular complexity index is 370. The number of nitrogens with zero attached hydrogens (tertiary/aromatic N) is 1. The molecule has 0 saturated heterocycles. The second-order valence-corrected chi connectivity index (χ2v) is 3.88. The summed E-state index contributed by atoms with van der Waals surface area (Å²) >= 11 is 0. The van der Waals surface area contributed by atoms with Gasteiger partial charge in [0.25, 0.3) is 6.43 Å². The van der Waals surface area contributed by atoms with E-state index in [9.17, 15) is 17.6 Å². The van der Waals surface area contributed by atoms with Crippen LogP contribution in [0.3, 0.4) is 0 Å². The van der Waals surface area contributed by atoms with Crippen LogP contribution < -0.4 is 5.73 Å². The van der Waals surface area contributed by atoms with E-state index < -0.39 is 30.6 Å². The summed E-state index contributed by atoms with van der Waals surface area (Å²) in [5.74, 6) is -1.46. The van der Waals surface area contributed by atoms with E-state index >= 15 is 0 Å². The number of hydrogen-bond acceptors (Lipinski definition) is 2. The number of halogens is 4. The molecule has 0 radical (unpaired) electrons. The highest BCUT2D eigenvalue weighted by atomic mass is 19.3. The van der Waals surface area contributed by atoms with E-state index in [2.05, 4.69) is 0 Å². The monoisotopic (exact) mass is 250 g/mol. The Labute approximate surface area is 97.0 Å². The molecule has 0 heterocycles. The van der Waals surface area contributed by atoms with Gasteiger partial charge in [0.15, 0.2) is 0 Å². The largest absolute Gasteiger partial charge is 0.323 e. The summed E-state index contributed by atoms with van der Waals surface area (Å²) in [5, 5.41) is 0. The lowest BCUT2D eigenvalue weighted by atomic mass is 10.1. The smallest absolute Gasteiger partial charge is 0.251 e. The average molecular weight is 250 g/mol. The molecule has 96 valence electrons. The first-order valence-corrected chi connectivity index (χ1v) is 5.07. The molecule has 0 amide bonds. The number of alkyl halides is 2. The lowest BCUT2D eigenvalue weighted by Gasteiger charge is -2.21. The molecule has 17 heavy (non-hydrogen) atoms. The maximum atomic E-state index is 13.3. The summed E-state index contributed by atoms with van der Waals surface area (Å²) in [7, 11) is 1.47. The Kier molecular flexibility index (Phi) is 4.89. The number of hydrogen-bond donors (Lipinski definition) is 1. The first kappa shape index (κ1) is 13.9. The van der Waals surface area contributed by atoms with Crippen LogP contribution in [0.15, 0.2) is 18.2 Å². The maximum Gasteiger partial charge on any atom is 0.251 e. The predicted octanol–water partition coefficient (Wildman–Crippen LogP) is 2.16. The fraction of sp³-hybridized carbons (Fsp3) is 0.455. The normalized spacial score (nSPS) is 13.4. The number of benzene rings is 1. The summed E-state index contributed by atoms with van der Waals surface area (Å²) in [5.41, 5.74) is 5.79. The van der Waals surface area contributed by atoms with Crippen molar-refractivity contribution in [1.82, 2.24) is 4.90 Å². The second-order valence-electron chi connectivity index (χ2n) is 3.88. The van der Waals surface area contributed by atoms with Gasteiger partial charge in [-0.1, -0.05) is 6.07 Å². The van der Waals surface area contributed by atoms with Crippen LogP contribution >= 0.6 is 0 Å². The van der Waals surface area contributed by atoms with Gasteiger partial charge >= 0.3 is 0 Å². The van der Waals surface area contributed by atoms with Gasteiger partial charge in [0.2, 0.25) is 0 Å². The van der Waals surface area contributed by atoms with Gasteiger partial charge < -0.3 is 5.73 Å². The molecule has 0 aliphatic heterocycles. The van der Waals surface area contributed by atoms with Crippen molar-refractivity contribution in [3.63, 3.8) is 0 Å². The van der Waals surface area contributed by atoms with Crippen molar-refractivity contribution in [3.8, 4) is 0 Å². The zero-order chi connectivity index (χ0) is 13.0. The molecule has 6 heteroatoms. The summed E-state index contributed by atoms with van der Waals surface area (Å²) in [6, 6.07) is 2.28. The van der Waals surface area contributed by atoms with Crippen LogP contribution in [0.4, 0.5) is 17.6 Å². The Morgan fingerprint density at radius 2 is 1.88 bits per heavy atom. The van der Waals surface area contributed by atoms with Crippen LogP contribution in [0.2, 0.25) is 0 Å². The zero-order valence-corrected chi connectivity index (χ0v) is 9.34. The third-order valence-electron chi connectivity index (χ3n) is 2.32. The van der Waals surface area contributed by atoms with Crippen LogP contribution in [-0.2, 0) is 0 Å². The van der Waals surface area contributed by atoms with Gasteiger partial charge in [-0.3, -0.25) is 4.90 Å². The highest BCUT2D eigenvalue weighted by Crippen LogP contribution is 2.17. The third kappa shape index (κ3) is 4.32. The molecule has 2 nitrogen and oxygen atoms in total. The molecule has 1 unspecified atom stereocenters. The second kappa shape index (κ2) is 5.97. The molecule has 0 bridgehead atoms. The topological polar surface area (TPSA) is 29.3 Å². The van der Waals surface area contributed by atoms with Gasteiger partial charge in [-0.25, -0.2) is 17.6 Å². The Morgan fingerprint density at radius 3 is 2.41 bits per heavy atom. The zero-order valence-electron chi connectivity index (χ0n) is 9.34. The minimum absolute atomic E-state index is 0.0763. The quantitative estimate of drug-likeness (QED) is 0.811. The molecule has 1 aromatic rings. The molecule has 1 aromatic carbocycles. The van der Waals surface area contributed by atoms with Gasteiger partial charge in [0.1, 0.15) is 11.6 Å². The third-order valence-corrected chi connectivity index (χ3v) is 2.32. The summed E-state index contributed by atoms with van der Waals surface area (Å²) in [6.07, 6.45) is -2.47. The van der Waals surface area contributed by atoms with Crippen molar-refractivity contribution < 1.29 is 17.6 Å². The fourth-order valence-corrected chi connectivity index (χ4v) is 1.55. The molecule has 0 aromatic heterocycles. The van der Waals surface area contributed by atoms with Crippen LogP contribution in [-0.4, -0.2) is 31.5 Å². The SMILES string of the molecule is CN(CC(F)F)CC(N)c1ccc(F)cc1F. The van der Waals surface area contributed by atoms with Crippen molar-refractivity contribution >= 4 is 0 Å². The average Bonchev–Trinajstić information content (AvgIpc) is 2.15. The van der Waals surface area contributed by atoms with Crippen molar-refractivity contribution in [2.45, 2.75) is 12.5 Å². The van der Waals surface area contributed by atoms with Gasteiger partial charge in [-0.15, -0.1) is 0 Å². The standard InChI is InChI=1S/C11H14F4N2/c1-17(6-11(14)15)5-10(16)8-3-2-7(12)4-9(8)13/h2-4,10-11H,5-6,16H2,1H3. The molecule has 0 saturated carbocycles. The Hall–Kier alpha value is -1.14. The van der Waals surface area contributed by atoms with Gasteiger partial charge in [-0.2, -0.15) is 0 Å². The molecule has 0 aliphatic rings. The first-order valence-electron chi connectivity index (χ1n) is 5.07. The minimum atomic E-state index is -2.47. The van der Waals surface area contributed by atoms with Crippen molar-refractivity contribution in [2.24, 2.45) is 5.73 Å². The van der Waals surface area contributed by atoms with Crippen LogP contribution in [0.1, 0.15) is 11.6 Å². The van der Waals surface area contributed by atoms with Crippen molar-refractivity contribution in [1.29, 1.82) is 0 Å². The van der Waals surface area contributed by atoms with E-state index in [1.807, 2.05) is 0 Å². The molecule has 2 N–H and O–H groups in total. The van der Waals surface area contributed by atoms with Crippen LogP contribution in [0, 0.1) is 11.6 Å². The molecule has 0 aliphatic carbocycles. The van der Waals surface area contributed by atoms with E-state index in [1.54, 1.807) is 0 Å². The molecule has 1 rings (SSSR count). The highest BCUT2D eigenvalue weighted by molar-refractivity contribution is 5.22. The molecular formula is C11H14F4N2. The number of rotatable bonds is 5.